The Labute approximate surface area is 194 Å². The van der Waals surface area contributed by atoms with E-state index in [4.69, 9.17) is 13.9 Å². The minimum atomic E-state index is -2.10. The number of cyclic esters (lactones) is 1. The molecule has 2 aromatic carbocycles. The highest BCUT2D eigenvalue weighted by Crippen LogP contribution is 2.44. The molecule has 32 heavy (non-hydrogen) atoms. The topological polar surface area (TPSA) is 44.8 Å². The van der Waals surface area contributed by atoms with Gasteiger partial charge in [-0.05, 0) is 47.8 Å². The average molecular weight is 467 g/mol. The molecular formula is C26H34O4Si2. The zero-order valence-corrected chi connectivity index (χ0v) is 22.7. The fraction of sp³-hybridized carbons (Fsp3) is 0.423. The van der Waals surface area contributed by atoms with Gasteiger partial charge < -0.3 is 13.9 Å². The molecule has 0 unspecified atom stereocenters. The SMILES string of the molecule is C=C[C@@H]1OC(=O)c2cc3cc(OC)c(O[Si](C)(C)C(C)(C)C)cc3c(C#C[Si](C)(C)C)c21. The van der Waals surface area contributed by atoms with E-state index in [2.05, 4.69) is 71.5 Å². The summed E-state index contributed by atoms with van der Waals surface area (Å²) in [5.41, 5.74) is 5.62. The summed E-state index contributed by atoms with van der Waals surface area (Å²) < 4.78 is 17.9. The molecule has 0 saturated heterocycles. The van der Waals surface area contributed by atoms with E-state index in [1.165, 1.54) is 0 Å². The number of fused-ring (bicyclic) bond motifs is 2. The molecule has 3 rings (SSSR count). The minimum absolute atomic E-state index is 0.0412. The van der Waals surface area contributed by atoms with Crippen LogP contribution in [0.3, 0.4) is 0 Å². The molecule has 1 atom stereocenters. The molecule has 6 heteroatoms. The van der Waals surface area contributed by atoms with Crippen molar-refractivity contribution in [3.05, 3.63) is 47.5 Å². The van der Waals surface area contributed by atoms with E-state index in [1.54, 1.807) is 13.2 Å². The van der Waals surface area contributed by atoms with Crippen LogP contribution in [0.4, 0.5) is 0 Å². The van der Waals surface area contributed by atoms with Crippen LogP contribution in [0, 0.1) is 11.5 Å². The van der Waals surface area contributed by atoms with Gasteiger partial charge in [0.2, 0.25) is 0 Å². The summed E-state index contributed by atoms with van der Waals surface area (Å²) in [4.78, 5) is 12.6. The number of carbonyl (C=O) groups is 1. The summed E-state index contributed by atoms with van der Waals surface area (Å²) in [5.74, 6) is 4.44. The summed E-state index contributed by atoms with van der Waals surface area (Å²) in [6, 6.07) is 5.83. The van der Waals surface area contributed by atoms with Crippen molar-refractivity contribution in [3.8, 4) is 23.0 Å². The second-order valence-electron chi connectivity index (χ2n) is 10.9. The largest absolute Gasteiger partial charge is 0.541 e. The molecule has 0 fully saturated rings. The highest BCUT2D eigenvalue weighted by molar-refractivity contribution is 6.83. The van der Waals surface area contributed by atoms with Gasteiger partial charge in [0, 0.05) is 16.5 Å². The van der Waals surface area contributed by atoms with Crippen LogP contribution in [0.25, 0.3) is 10.8 Å². The number of benzene rings is 2. The van der Waals surface area contributed by atoms with Crippen molar-refractivity contribution in [2.75, 3.05) is 7.11 Å². The Balaban J connectivity index is 2.36. The lowest BCUT2D eigenvalue weighted by atomic mass is 9.92. The summed E-state index contributed by atoms with van der Waals surface area (Å²) >= 11 is 0. The van der Waals surface area contributed by atoms with Crippen molar-refractivity contribution in [2.24, 2.45) is 0 Å². The number of carbonyl (C=O) groups excluding carboxylic acids is 1. The lowest BCUT2D eigenvalue weighted by Crippen LogP contribution is -2.43. The summed E-state index contributed by atoms with van der Waals surface area (Å²) in [7, 11) is -2.13. The Morgan fingerprint density at radius 2 is 1.75 bits per heavy atom. The molecule has 170 valence electrons. The van der Waals surface area contributed by atoms with Crippen molar-refractivity contribution in [3.63, 3.8) is 0 Å². The van der Waals surface area contributed by atoms with Crippen LogP contribution < -0.4 is 9.16 Å². The summed E-state index contributed by atoms with van der Waals surface area (Å²) in [5, 5.41) is 1.86. The highest BCUT2D eigenvalue weighted by atomic mass is 28.4. The molecule has 0 spiro atoms. The van der Waals surface area contributed by atoms with Crippen LogP contribution in [0.2, 0.25) is 37.8 Å². The zero-order chi connectivity index (χ0) is 24.1. The van der Waals surface area contributed by atoms with E-state index in [-0.39, 0.29) is 11.0 Å². The first-order valence-corrected chi connectivity index (χ1v) is 17.3. The van der Waals surface area contributed by atoms with Gasteiger partial charge in [0.05, 0.1) is 12.7 Å². The Morgan fingerprint density at radius 1 is 1.09 bits per heavy atom. The molecule has 0 radical (unpaired) electrons. The zero-order valence-electron chi connectivity index (χ0n) is 20.7. The van der Waals surface area contributed by atoms with Crippen LogP contribution in [-0.2, 0) is 4.74 Å². The fourth-order valence-electron chi connectivity index (χ4n) is 3.34. The van der Waals surface area contributed by atoms with Gasteiger partial charge in [-0.1, -0.05) is 52.9 Å². The average Bonchev–Trinajstić information content (AvgIpc) is 2.98. The molecule has 2 aromatic rings. The van der Waals surface area contributed by atoms with Crippen molar-refractivity contribution < 1.29 is 18.7 Å². The minimum Gasteiger partial charge on any atom is -0.541 e. The van der Waals surface area contributed by atoms with Crippen molar-refractivity contribution in [1.29, 1.82) is 0 Å². The molecule has 0 bridgehead atoms. The maximum absolute atomic E-state index is 12.6. The number of ether oxygens (including phenoxy) is 2. The molecule has 0 saturated carbocycles. The summed E-state index contributed by atoms with van der Waals surface area (Å²) in [6.07, 6.45) is 1.16. The third-order valence-corrected chi connectivity index (χ3v) is 11.4. The molecule has 0 amide bonds. The predicted octanol–water partition coefficient (Wildman–Crippen LogP) is 6.86. The number of esters is 1. The van der Waals surface area contributed by atoms with Gasteiger partial charge in [0.1, 0.15) is 19.9 Å². The quantitative estimate of drug-likeness (QED) is 0.214. The van der Waals surface area contributed by atoms with Gasteiger partial charge >= 0.3 is 5.97 Å². The first kappa shape index (κ1) is 24.2. The molecule has 4 nitrogen and oxygen atoms in total. The van der Waals surface area contributed by atoms with Gasteiger partial charge in [-0.15, -0.1) is 5.54 Å². The van der Waals surface area contributed by atoms with Crippen LogP contribution in [-0.4, -0.2) is 29.5 Å². The standard InChI is InChI=1S/C26H34O4Si2/c1-11-21-24-18(12-13-31(6,7)8)19-16-23(30-32(9,10)26(2,3)4)22(28-5)15-17(19)14-20(24)25(27)29-21/h11,14-16,21H,1H2,2-10H3/t21-/m0/s1. The predicted molar refractivity (Wildman–Crippen MR) is 137 cm³/mol. The Kier molecular flexibility index (Phi) is 6.14. The van der Waals surface area contributed by atoms with E-state index in [9.17, 15) is 4.79 Å². The maximum Gasteiger partial charge on any atom is 0.339 e. The number of hydrogen-bond donors (Lipinski definition) is 0. The van der Waals surface area contributed by atoms with Gasteiger partial charge in [0.25, 0.3) is 8.32 Å². The monoisotopic (exact) mass is 466 g/mol. The maximum atomic E-state index is 12.6. The van der Waals surface area contributed by atoms with E-state index < -0.39 is 22.5 Å². The third kappa shape index (κ3) is 4.50. The van der Waals surface area contributed by atoms with Crippen molar-refractivity contribution >= 4 is 33.1 Å². The van der Waals surface area contributed by atoms with E-state index >= 15 is 0 Å². The van der Waals surface area contributed by atoms with Crippen LogP contribution in [0.5, 0.6) is 11.5 Å². The summed E-state index contributed by atoms with van der Waals surface area (Å²) in [6.45, 7) is 21.5. The molecule has 0 N–H and O–H groups in total. The second-order valence-corrected chi connectivity index (χ2v) is 20.3. The first-order chi connectivity index (χ1) is 14.7. The third-order valence-electron chi connectivity index (χ3n) is 6.15. The van der Waals surface area contributed by atoms with Gasteiger partial charge in [-0.25, -0.2) is 4.79 Å². The highest BCUT2D eigenvalue weighted by Gasteiger charge is 2.40. The van der Waals surface area contributed by atoms with E-state index in [1.807, 2.05) is 18.2 Å². The normalized spacial score (nSPS) is 16.2. The lowest BCUT2D eigenvalue weighted by Gasteiger charge is -2.36. The van der Waals surface area contributed by atoms with Crippen LogP contribution >= 0.6 is 0 Å². The van der Waals surface area contributed by atoms with Gasteiger partial charge in [-0.3, -0.25) is 0 Å². The Hall–Kier alpha value is -2.50. The molecular weight excluding hydrogens is 432 g/mol. The van der Waals surface area contributed by atoms with Crippen LogP contribution in [0.15, 0.2) is 30.9 Å². The van der Waals surface area contributed by atoms with E-state index in [0.717, 1.165) is 21.9 Å². The van der Waals surface area contributed by atoms with Gasteiger partial charge in [0.15, 0.2) is 5.75 Å². The van der Waals surface area contributed by atoms with Gasteiger partial charge in [-0.2, -0.15) is 0 Å². The molecule has 1 heterocycles. The molecule has 1 aliphatic heterocycles. The van der Waals surface area contributed by atoms with Crippen molar-refractivity contribution in [1.82, 2.24) is 0 Å². The Bertz CT molecular complexity index is 1160. The van der Waals surface area contributed by atoms with E-state index in [0.29, 0.717) is 17.1 Å². The van der Waals surface area contributed by atoms with Crippen LogP contribution in [0.1, 0.15) is 48.4 Å². The number of rotatable bonds is 4. The Morgan fingerprint density at radius 3 is 2.28 bits per heavy atom. The fourth-order valence-corrected chi connectivity index (χ4v) is 4.86. The molecule has 0 aliphatic carbocycles. The first-order valence-electron chi connectivity index (χ1n) is 10.9. The van der Waals surface area contributed by atoms with Crippen molar-refractivity contribution in [2.45, 2.75) is 64.6 Å². The molecule has 0 aromatic heterocycles. The second kappa shape index (κ2) is 8.13. The lowest BCUT2D eigenvalue weighted by molar-refractivity contribution is 0.0468. The number of methoxy groups -OCH3 is 1. The molecule has 1 aliphatic rings. The smallest absolute Gasteiger partial charge is 0.339 e. The number of hydrogen-bond acceptors (Lipinski definition) is 4.